The van der Waals surface area contributed by atoms with Gasteiger partial charge in [-0.3, -0.25) is 4.79 Å². The average molecular weight is 365 g/mol. The molecule has 6 nitrogen and oxygen atoms in total. The Bertz CT molecular complexity index is 1020. The minimum absolute atomic E-state index is 0.0318. The predicted molar refractivity (Wildman–Crippen MR) is 95.6 cm³/mol. The number of nitriles is 2. The number of rotatable bonds is 4. The van der Waals surface area contributed by atoms with Crippen LogP contribution in [-0.2, 0) is 11.3 Å². The van der Waals surface area contributed by atoms with Gasteiger partial charge in [-0.1, -0.05) is 17.7 Å². The molecule has 0 unspecified atom stereocenters. The molecule has 0 aliphatic rings. The maximum atomic E-state index is 13.9. The second kappa shape index (κ2) is 8.03. The summed E-state index contributed by atoms with van der Waals surface area (Å²) in [6.07, 6.45) is 0. The summed E-state index contributed by atoms with van der Waals surface area (Å²) in [5.74, 6) is -2.20. The quantitative estimate of drug-likeness (QED) is 0.491. The molecule has 0 aromatic heterocycles. The Morgan fingerprint density at radius 1 is 1.22 bits per heavy atom. The van der Waals surface area contributed by atoms with Crippen LogP contribution in [0.3, 0.4) is 0 Å². The topological polar surface area (TPSA) is 108 Å². The predicted octanol–water partition coefficient (Wildman–Crippen LogP) is 3.16. The van der Waals surface area contributed by atoms with Gasteiger partial charge in [0, 0.05) is 24.7 Å². The Morgan fingerprint density at radius 3 is 2.56 bits per heavy atom. The monoisotopic (exact) mass is 365 g/mol. The van der Waals surface area contributed by atoms with Crippen LogP contribution >= 0.6 is 0 Å². The first-order valence-electron chi connectivity index (χ1n) is 7.85. The van der Waals surface area contributed by atoms with Crippen molar-refractivity contribution in [2.24, 2.45) is 0 Å². The summed E-state index contributed by atoms with van der Waals surface area (Å²) in [6, 6.07) is 11.5. The molecule has 0 heterocycles. The molecular formula is C20H16FN3O3. The van der Waals surface area contributed by atoms with E-state index in [2.05, 4.69) is 0 Å². The highest BCUT2D eigenvalue weighted by Gasteiger charge is 2.22. The molecule has 0 atom stereocenters. The Morgan fingerprint density at radius 2 is 1.93 bits per heavy atom. The molecule has 0 aliphatic heterocycles. The van der Waals surface area contributed by atoms with E-state index in [1.165, 1.54) is 25.2 Å². The summed E-state index contributed by atoms with van der Waals surface area (Å²) in [4.78, 5) is 13.7. The molecule has 2 aromatic rings. The molecule has 0 fully saturated rings. The van der Waals surface area contributed by atoms with E-state index in [-0.39, 0.29) is 29.0 Å². The van der Waals surface area contributed by atoms with Crippen molar-refractivity contribution in [1.29, 1.82) is 10.5 Å². The van der Waals surface area contributed by atoms with Crippen LogP contribution in [0.4, 0.5) is 4.39 Å². The first-order chi connectivity index (χ1) is 12.8. The number of aromatic hydroxyl groups is 1. The average Bonchev–Trinajstić information content (AvgIpc) is 2.65. The highest BCUT2D eigenvalue weighted by molar-refractivity contribution is 6.03. The number of benzene rings is 2. The Kier molecular flexibility index (Phi) is 5.79. The van der Waals surface area contributed by atoms with Gasteiger partial charge in [0.2, 0.25) is 0 Å². The van der Waals surface area contributed by atoms with Crippen LogP contribution in [0.2, 0.25) is 0 Å². The summed E-state index contributed by atoms with van der Waals surface area (Å²) in [6.45, 7) is 1.69. The van der Waals surface area contributed by atoms with Crippen LogP contribution in [-0.4, -0.2) is 28.1 Å². The van der Waals surface area contributed by atoms with Crippen molar-refractivity contribution in [2.75, 3.05) is 7.05 Å². The van der Waals surface area contributed by atoms with Crippen LogP contribution < -0.4 is 0 Å². The summed E-state index contributed by atoms with van der Waals surface area (Å²) in [5, 5.41) is 38.1. The van der Waals surface area contributed by atoms with Crippen molar-refractivity contribution >= 4 is 11.7 Å². The molecule has 2 rings (SSSR count). The smallest absolute Gasteiger partial charge is 0.268 e. The van der Waals surface area contributed by atoms with Gasteiger partial charge in [-0.2, -0.15) is 10.5 Å². The molecule has 0 spiro atoms. The molecule has 0 aliphatic carbocycles. The first-order valence-corrected chi connectivity index (χ1v) is 7.85. The van der Waals surface area contributed by atoms with E-state index >= 15 is 0 Å². The number of likely N-dealkylation sites (N-methyl/N-ethyl adjacent to an activating group) is 1. The van der Waals surface area contributed by atoms with Gasteiger partial charge >= 0.3 is 0 Å². The van der Waals surface area contributed by atoms with E-state index in [0.29, 0.717) is 0 Å². The maximum absolute atomic E-state index is 13.9. The Hall–Kier alpha value is -3.84. The highest BCUT2D eigenvalue weighted by Crippen LogP contribution is 2.24. The van der Waals surface area contributed by atoms with Gasteiger partial charge in [-0.05, 0) is 31.2 Å². The molecule has 2 N–H and O–H groups in total. The minimum atomic E-state index is -0.803. The molecule has 0 radical (unpaired) electrons. The van der Waals surface area contributed by atoms with Crippen LogP contribution in [0.5, 0.6) is 5.75 Å². The standard InChI is InChI=1S/C20H16FN3O3/c1-12-3-5-17(21)15(7-12)11-24(2)20(27)16(10-23)19(26)13-4-6-18(25)14(8-13)9-22/h3-8,25-26H,11H2,1-2H3/b19-16-. The number of phenols is 1. The summed E-state index contributed by atoms with van der Waals surface area (Å²) in [7, 11) is 1.38. The second-order valence-electron chi connectivity index (χ2n) is 5.94. The van der Waals surface area contributed by atoms with Crippen LogP contribution in [0.25, 0.3) is 5.76 Å². The van der Waals surface area contributed by atoms with Gasteiger partial charge in [0.15, 0.2) is 5.57 Å². The summed E-state index contributed by atoms with van der Waals surface area (Å²) < 4.78 is 13.9. The van der Waals surface area contributed by atoms with Crippen LogP contribution in [0, 0.1) is 35.4 Å². The molecule has 136 valence electrons. The fraction of sp³-hybridized carbons (Fsp3) is 0.150. The highest BCUT2D eigenvalue weighted by atomic mass is 19.1. The minimum Gasteiger partial charge on any atom is -0.507 e. The Labute approximate surface area is 155 Å². The van der Waals surface area contributed by atoms with Crippen molar-refractivity contribution < 1.29 is 19.4 Å². The van der Waals surface area contributed by atoms with Gasteiger partial charge in [0.25, 0.3) is 5.91 Å². The number of aliphatic hydroxyl groups excluding tert-OH is 1. The second-order valence-corrected chi connectivity index (χ2v) is 5.94. The van der Waals surface area contributed by atoms with Gasteiger partial charge in [-0.25, -0.2) is 4.39 Å². The molecule has 7 heteroatoms. The third kappa shape index (κ3) is 4.23. The van der Waals surface area contributed by atoms with Crippen molar-refractivity contribution in [3.05, 3.63) is 70.0 Å². The summed E-state index contributed by atoms with van der Waals surface area (Å²) in [5.41, 5.74) is 0.460. The van der Waals surface area contributed by atoms with Gasteiger partial charge < -0.3 is 15.1 Å². The number of phenolic OH excluding ortho intramolecular Hbond substituents is 1. The van der Waals surface area contributed by atoms with Crippen molar-refractivity contribution in [2.45, 2.75) is 13.5 Å². The lowest BCUT2D eigenvalue weighted by molar-refractivity contribution is -0.126. The fourth-order valence-electron chi connectivity index (χ4n) is 2.46. The van der Waals surface area contributed by atoms with Crippen molar-refractivity contribution in [3.63, 3.8) is 0 Å². The van der Waals surface area contributed by atoms with E-state index < -0.39 is 23.1 Å². The van der Waals surface area contributed by atoms with E-state index in [1.54, 1.807) is 31.2 Å². The SMILES string of the molecule is Cc1ccc(F)c(CN(C)C(=O)/C(C#N)=C(\O)c2ccc(O)c(C#N)c2)c1. The zero-order valence-corrected chi connectivity index (χ0v) is 14.7. The third-order valence-electron chi connectivity index (χ3n) is 3.91. The zero-order valence-electron chi connectivity index (χ0n) is 14.7. The van der Waals surface area contributed by atoms with E-state index in [4.69, 9.17) is 5.26 Å². The van der Waals surface area contributed by atoms with Gasteiger partial charge in [0.05, 0.1) is 5.56 Å². The molecule has 0 saturated carbocycles. The lowest BCUT2D eigenvalue weighted by Crippen LogP contribution is -2.28. The number of halogens is 1. The third-order valence-corrected chi connectivity index (χ3v) is 3.91. The normalized spacial score (nSPS) is 11.1. The lowest BCUT2D eigenvalue weighted by Gasteiger charge is -2.18. The molecule has 0 bridgehead atoms. The van der Waals surface area contributed by atoms with E-state index in [9.17, 15) is 24.7 Å². The Balaban J connectivity index is 2.36. The summed E-state index contributed by atoms with van der Waals surface area (Å²) >= 11 is 0. The van der Waals surface area contributed by atoms with Crippen LogP contribution in [0.1, 0.15) is 22.3 Å². The largest absolute Gasteiger partial charge is 0.507 e. The maximum Gasteiger partial charge on any atom is 0.268 e. The molecule has 0 saturated heterocycles. The number of amides is 1. The molecule has 2 aromatic carbocycles. The van der Waals surface area contributed by atoms with Crippen LogP contribution in [0.15, 0.2) is 42.0 Å². The van der Waals surface area contributed by atoms with Gasteiger partial charge in [0.1, 0.15) is 29.5 Å². The van der Waals surface area contributed by atoms with Crippen molar-refractivity contribution in [3.8, 4) is 17.9 Å². The molecular weight excluding hydrogens is 349 g/mol. The molecule has 27 heavy (non-hydrogen) atoms. The number of aliphatic hydroxyl groups is 1. The molecule has 1 amide bonds. The number of nitrogens with zero attached hydrogens (tertiary/aromatic N) is 3. The zero-order chi connectivity index (χ0) is 20.1. The fourth-order valence-corrected chi connectivity index (χ4v) is 2.46. The van der Waals surface area contributed by atoms with E-state index in [0.717, 1.165) is 16.5 Å². The first kappa shape index (κ1) is 19.5. The van der Waals surface area contributed by atoms with Crippen molar-refractivity contribution in [1.82, 2.24) is 4.90 Å². The van der Waals surface area contributed by atoms with Gasteiger partial charge in [-0.15, -0.1) is 0 Å². The lowest BCUT2D eigenvalue weighted by atomic mass is 10.0. The van der Waals surface area contributed by atoms with E-state index in [1.807, 2.05) is 0 Å². The number of hydrogen-bond donors (Lipinski definition) is 2. The number of carbonyl (C=O) groups excluding carboxylic acids is 1. The number of hydrogen-bond acceptors (Lipinski definition) is 5. The number of carbonyl (C=O) groups is 1. The number of aryl methyl sites for hydroxylation is 1.